The Kier molecular flexibility index (Phi) is 4.19. The minimum absolute atomic E-state index is 0.136. The van der Waals surface area contributed by atoms with E-state index >= 15 is 0 Å². The Balaban J connectivity index is 2.03. The lowest BCUT2D eigenvalue weighted by Crippen LogP contribution is -2.28. The van der Waals surface area contributed by atoms with Gasteiger partial charge >= 0.3 is 5.69 Å². The van der Waals surface area contributed by atoms with Crippen molar-refractivity contribution in [3.05, 3.63) is 28.3 Å². The average Bonchev–Trinajstić information content (AvgIpc) is 3.22. The van der Waals surface area contributed by atoms with Crippen molar-refractivity contribution in [3.8, 4) is 5.75 Å². The molecule has 7 heteroatoms. The molecule has 1 saturated carbocycles. The number of amides is 1. The zero-order valence-electron chi connectivity index (χ0n) is 11.2. The second kappa shape index (κ2) is 5.87. The van der Waals surface area contributed by atoms with Crippen LogP contribution in [0.4, 0.5) is 11.4 Å². The molecule has 0 radical (unpaired) electrons. The third-order valence-electron chi connectivity index (χ3n) is 3.31. The van der Waals surface area contributed by atoms with Crippen molar-refractivity contribution in [2.75, 3.05) is 12.4 Å². The number of carbonyl (C=O) groups is 1. The molecule has 1 fully saturated rings. The third kappa shape index (κ3) is 3.45. The molecule has 1 aromatic carbocycles. The number of nitrogens with zero attached hydrogens (tertiary/aromatic N) is 1. The zero-order chi connectivity index (χ0) is 14.7. The molecule has 1 aliphatic carbocycles. The predicted octanol–water partition coefficient (Wildman–Crippen LogP) is 1.67. The molecule has 3 N–H and O–H groups in total. The van der Waals surface area contributed by atoms with Gasteiger partial charge in [-0.2, -0.15) is 0 Å². The van der Waals surface area contributed by atoms with Gasteiger partial charge in [-0.3, -0.25) is 14.9 Å². The lowest BCUT2D eigenvalue weighted by atomic mass is 10.1. The standard InChI is InChI=1S/C13H17N3O4/c1-20-12-5-4-9(6-11(12)16(18)19)15-13(17)7-10(14)8-2-3-8/h4-6,8,10H,2-3,7,14H2,1H3,(H,15,17). The van der Waals surface area contributed by atoms with Crippen LogP contribution in [-0.4, -0.2) is 24.0 Å². The van der Waals surface area contributed by atoms with Crippen LogP contribution in [0.3, 0.4) is 0 Å². The quantitative estimate of drug-likeness (QED) is 0.608. The summed E-state index contributed by atoms with van der Waals surface area (Å²) >= 11 is 0. The summed E-state index contributed by atoms with van der Waals surface area (Å²) in [5, 5.41) is 13.5. The molecule has 0 aliphatic heterocycles. The van der Waals surface area contributed by atoms with E-state index in [9.17, 15) is 14.9 Å². The van der Waals surface area contributed by atoms with E-state index < -0.39 is 4.92 Å². The molecule has 0 bridgehead atoms. The van der Waals surface area contributed by atoms with Crippen LogP contribution in [0.2, 0.25) is 0 Å². The van der Waals surface area contributed by atoms with Gasteiger partial charge < -0.3 is 15.8 Å². The highest BCUT2D eigenvalue weighted by molar-refractivity contribution is 5.91. The second-order valence-electron chi connectivity index (χ2n) is 4.90. The summed E-state index contributed by atoms with van der Waals surface area (Å²) in [5.41, 5.74) is 6.05. The van der Waals surface area contributed by atoms with E-state index in [-0.39, 0.29) is 29.8 Å². The fraction of sp³-hybridized carbons (Fsp3) is 0.462. The van der Waals surface area contributed by atoms with E-state index in [0.29, 0.717) is 11.6 Å². The number of hydrogen-bond donors (Lipinski definition) is 2. The van der Waals surface area contributed by atoms with E-state index in [0.717, 1.165) is 12.8 Å². The molecule has 0 spiro atoms. The molecule has 0 saturated heterocycles. The van der Waals surface area contributed by atoms with Gasteiger partial charge in [0.25, 0.3) is 0 Å². The monoisotopic (exact) mass is 279 g/mol. The Bertz CT molecular complexity index is 528. The second-order valence-corrected chi connectivity index (χ2v) is 4.90. The molecule has 1 aliphatic rings. The van der Waals surface area contributed by atoms with Crippen LogP contribution in [0, 0.1) is 16.0 Å². The summed E-state index contributed by atoms with van der Waals surface area (Å²) in [6.07, 6.45) is 2.37. The fourth-order valence-corrected chi connectivity index (χ4v) is 2.03. The summed E-state index contributed by atoms with van der Waals surface area (Å²) in [4.78, 5) is 22.1. The molecule has 108 valence electrons. The molecular formula is C13H17N3O4. The van der Waals surface area contributed by atoms with Crippen LogP contribution >= 0.6 is 0 Å². The summed E-state index contributed by atoms with van der Waals surface area (Å²) in [6.45, 7) is 0. The Labute approximate surface area is 116 Å². The molecule has 2 rings (SSSR count). The van der Waals surface area contributed by atoms with Gasteiger partial charge in [0, 0.05) is 24.2 Å². The Hall–Kier alpha value is -2.15. The summed E-state index contributed by atoms with van der Waals surface area (Å²) in [6, 6.07) is 4.16. The number of benzene rings is 1. The van der Waals surface area contributed by atoms with Gasteiger partial charge in [0.05, 0.1) is 12.0 Å². The number of ether oxygens (including phenoxy) is 1. The molecule has 1 atom stereocenters. The van der Waals surface area contributed by atoms with Gasteiger partial charge in [0.2, 0.25) is 5.91 Å². The molecule has 0 heterocycles. The smallest absolute Gasteiger partial charge is 0.312 e. The fourth-order valence-electron chi connectivity index (χ4n) is 2.03. The van der Waals surface area contributed by atoms with Crippen LogP contribution in [-0.2, 0) is 4.79 Å². The molecule has 1 unspecified atom stereocenters. The highest BCUT2D eigenvalue weighted by Gasteiger charge is 2.29. The maximum Gasteiger partial charge on any atom is 0.312 e. The number of anilines is 1. The van der Waals surface area contributed by atoms with Gasteiger partial charge in [-0.25, -0.2) is 0 Å². The highest BCUT2D eigenvalue weighted by atomic mass is 16.6. The minimum atomic E-state index is -0.551. The van der Waals surface area contributed by atoms with E-state index in [1.807, 2.05) is 0 Å². The molecule has 20 heavy (non-hydrogen) atoms. The molecule has 0 aromatic heterocycles. The summed E-state index contributed by atoms with van der Waals surface area (Å²) in [5.74, 6) is 0.359. The van der Waals surface area contributed by atoms with E-state index in [4.69, 9.17) is 10.5 Å². The summed E-state index contributed by atoms with van der Waals surface area (Å²) < 4.78 is 4.90. The molecule has 1 aromatic rings. The third-order valence-corrected chi connectivity index (χ3v) is 3.31. The topological polar surface area (TPSA) is 107 Å². The van der Waals surface area contributed by atoms with Crippen molar-refractivity contribution in [2.45, 2.75) is 25.3 Å². The van der Waals surface area contributed by atoms with Gasteiger partial charge in [-0.15, -0.1) is 0 Å². The lowest BCUT2D eigenvalue weighted by molar-refractivity contribution is -0.385. The zero-order valence-corrected chi connectivity index (χ0v) is 11.2. The summed E-state index contributed by atoms with van der Waals surface area (Å²) in [7, 11) is 1.36. The van der Waals surface area contributed by atoms with Crippen molar-refractivity contribution in [1.82, 2.24) is 0 Å². The van der Waals surface area contributed by atoms with E-state index in [2.05, 4.69) is 5.32 Å². The molecule has 7 nitrogen and oxygen atoms in total. The van der Waals surface area contributed by atoms with Gasteiger partial charge in [-0.05, 0) is 30.9 Å². The number of hydrogen-bond acceptors (Lipinski definition) is 5. The maximum atomic E-state index is 11.8. The number of carbonyl (C=O) groups excluding carboxylic acids is 1. The Morgan fingerprint density at radius 2 is 2.30 bits per heavy atom. The van der Waals surface area contributed by atoms with Crippen molar-refractivity contribution in [3.63, 3.8) is 0 Å². The van der Waals surface area contributed by atoms with Crippen molar-refractivity contribution in [1.29, 1.82) is 0 Å². The van der Waals surface area contributed by atoms with Gasteiger partial charge in [0.15, 0.2) is 5.75 Å². The number of nitrogens with one attached hydrogen (secondary N) is 1. The maximum absolute atomic E-state index is 11.8. The first kappa shape index (κ1) is 14.3. The lowest BCUT2D eigenvalue weighted by Gasteiger charge is -2.11. The van der Waals surface area contributed by atoms with Gasteiger partial charge in [-0.1, -0.05) is 0 Å². The van der Waals surface area contributed by atoms with E-state index in [1.54, 1.807) is 6.07 Å². The van der Waals surface area contributed by atoms with E-state index in [1.165, 1.54) is 19.2 Å². The first-order valence-corrected chi connectivity index (χ1v) is 6.39. The predicted molar refractivity (Wildman–Crippen MR) is 73.6 cm³/mol. The molecule has 1 amide bonds. The number of nitro groups is 1. The Morgan fingerprint density at radius 3 is 2.85 bits per heavy atom. The van der Waals surface area contributed by atoms with Crippen molar-refractivity contribution in [2.24, 2.45) is 11.7 Å². The van der Waals surface area contributed by atoms with Crippen molar-refractivity contribution >= 4 is 17.3 Å². The Morgan fingerprint density at radius 1 is 1.60 bits per heavy atom. The van der Waals surface area contributed by atoms with Crippen LogP contribution in [0.5, 0.6) is 5.75 Å². The number of nitro benzene ring substituents is 1. The average molecular weight is 279 g/mol. The first-order valence-electron chi connectivity index (χ1n) is 6.39. The normalized spacial score (nSPS) is 15.5. The number of rotatable bonds is 6. The number of nitrogens with two attached hydrogens (primary N) is 1. The highest BCUT2D eigenvalue weighted by Crippen LogP contribution is 2.33. The van der Waals surface area contributed by atoms with Crippen LogP contribution < -0.4 is 15.8 Å². The number of methoxy groups -OCH3 is 1. The SMILES string of the molecule is COc1ccc(NC(=O)CC(N)C2CC2)cc1[N+](=O)[O-]. The minimum Gasteiger partial charge on any atom is -0.490 e. The van der Waals surface area contributed by atoms with Gasteiger partial charge in [0.1, 0.15) is 0 Å². The first-order chi connectivity index (χ1) is 9.51. The van der Waals surface area contributed by atoms with Crippen LogP contribution in [0.15, 0.2) is 18.2 Å². The van der Waals surface area contributed by atoms with Crippen LogP contribution in [0.25, 0.3) is 0 Å². The van der Waals surface area contributed by atoms with Crippen molar-refractivity contribution < 1.29 is 14.5 Å². The molecular weight excluding hydrogens is 262 g/mol. The largest absolute Gasteiger partial charge is 0.490 e. The van der Waals surface area contributed by atoms with Crippen LogP contribution in [0.1, 0.15) is 19.3 Å².